The number of ether oxygens (including phenoxy) is 3. The van der Waals surface area contributed by atoms with E-state index in [1.807, 2.05) is 6.07 Å². The highest BCUT2D eigenvalue weighted by molar-refractivity contribution is 6.30. The molecule has 0 radical (unpaired) electrons. The van der Waals surface area contributed by atoms with Crippen molar-refractivity contribution in [1.82, 2.24) is 9.80 Å². The number of hydrogen-bond acceptors (Lipinski definition) is 7. The Kier molecular flexibility index (Phi) is 8.32. The highest BCUT2D eigenvalue weighted by Gasteiger charge is 2.58. The minimum Gasteiger partial charge on any atom is -0.464 e. The Morgan fingerprint density at radius 2 is 1.58 bits per heavy atom. The van der Waals surface area contributed by atoms with Gasteiger partial charge in [0.2, 0.25) is 0 Å². The van der Waals surface area contributed by atoms with Crippen molar-refractivity contribution in [2.75, 3.05) is 13.2 Å². The molecule has 2 aliphatic rings. The molecule has 0 saturated carbocycles. The second-order valence-corrected chi connectivity index (χ2v) is 8.00. The van der Waals surface area contributed by atoms with Crippen LogP contribution in [0.1, 0.15) is 45.1 Å². The lowest BCUT2D eigenvalue weighted by atomic mass is 9.89. The summed E-state index contributed by atoms with van der Waals surface area (Å²) in [5, 5.41) is 0.460. The topological polar surface area (TPSA) is 102 Å². The van der Waals surface area contributed by atoms with Crippen molar-refractivity contribution in [3.05, 3.63) is 46.5 Å². The molecule has 3 rings (SSSR count). The number of amides is 4. The summed E-state index contributed by atoms with van der Waals surface area (Å²) in [7, 11) is 0. The van der Waals surface area contributed by atoms with Crippen LogP contribution in [-0.2, 0) is 25.6 Å². The van der Waals surface area contributed by atoms with Gasteiger partial charge in [-0.05, 0) is 50.7 Å². The van der Waals surface area contributed by atoms with Crippen LogP contribution in [0.2, 0.25) is 0 Å². The van der Waals surface area contributed by atoms with Gasteiger partial charge in [-0.3, -0.25) is 0 Å². The molecular weight excluding hydrogens is 452 g/mol. The van der Waals surface area contributed by atoms with E-state index in [0.717, 1.165) is 17.7 Å². The van der Waals surface area contributed by atoms with Crippen LogP contribution >= 0.6 is 11.6 Å². The third kappa shape index (κ3) is 5.30. The average molecular weight is 479 g/mol. The Hall–Kier alpha value is -3.07. The highest BCUT2D eigenvalue weighted by atomic mass is 35.5. The molecule has 1 aromatic rings. The monoisotopic (exact) mass is 478 g/mol. The molecule has 1 heterocycles. The number of halogens is 1. The number of rotatable bonds is 6. The van der Waals surface area contributed by atoms with Gasteiger partial charge >= 0.3 is 24.2 Å². The number of carbonyl (C=O) groups is 4. The second-order valence-electron chi connectivity index (χ2n) is 7.54. The summed E-state index contributed by atoms with van der Waals surface area (Å²) in [5.74, 6) is -0.832. The van der Waals surface area contributed by atoms with Crippen LogP contribution in [0.15, 0.2) is 40.9 Å². The molecule has 0 spiro atoms. The number of esters is 1. The van der Waals surface area contributed by atoms with Gasteiger partial charge in [0.05, 0.1) is 19.3 Å². The van der Waals surface area contributed by atoms with E-state index < -0.39 is 36.3 Å². The largest absolute Gasteiger partial charge is 0.464 e. The lowest BCUT2D eigenvalue weighted by Crippen LogP contribution is -2.48. The average Bonchev–Trinajstić information content (AvgIpc) is 3.11. The van der Waals surface area contributed by atoms with Gasteiger partial charge in [0, 0.05) is 5.03 Å². The van der Waals surface area contributed by atoms with Crippen LogP contribution < -0.4 is 0 Å². The fourth-order valence-corrected chi connectivity index (χ4v) is 4.35. The van der Waals surface area contributed by atoms with Gasteiger partial charge in [-0.2, -0.15) is 0 Å². The third-order valence-electron chi connectivity index (χ3n) is 5.46. The van der Waals surface area contributed by atoms with E-state index in [1.54, 1.807) is 38.1 Å². The maximum atomic E-state index is 13.3. The number of hydrogen-bond donors (Lipinski definition) is 0. The van der Waals surface area contributed by atoms with Crippen molar-refractivity contribution >= 4 is 35.8 Å². The molecule has 1 aliphatic heterocycles. The van der Waals surface area contributed by atoms with Crippen molar-refractivity contribution in [2.24, 2.45) is 0 Å². The van der Waals surface area contributed by atoms with Gasteiger partial charge in [0.1, 0.15) is 6.61 Å². The molecule has 0 aromatic heterocycles. The number of allylic oxidation sites excluding steroid dienone is 1. The maximum absolute atomic E-state index is 13.3. The molecule has 0 unspecified atom stereocenters. The smallest absolute Gasteiger partial charge is 0.419 e. The van der Waals surface area contributed by atoms with Crippen molar-refractivity contribution in [3.63, 3.8) is 0 Å². The van der Waals surface area contributed by atoms with Gasteiger partial charge in [-0.1, -0.05) is 41.9 Å². The lowest BCUT2D eigenvalue weighted by molar-refractivity contribution is -0.147. The fraction of sp³-hybridized carbons (Fsp3) is 0.478. The first kappa shape index (κ1) is 24.6. The summed E-state index contributed by atoms with van der Waals surface area (Å²) in [6.45, 7) is 3.11. The first-order valence-electron chi connectivity index (χ1n) is 10.9. The minimum absolute atomic E-state index is 0.00460. The van der Waals surface area contributed by atoms with E-state index in [4.69, 9.17) is 25.8 Å². The van der Waals surface area contributed by atoms with Crippen molar-refractivity contribution in [3.8, 4) is 0 Å². The van der Waals surface area contributed by atoms with Crippen LogP contribution in [0.3, 0.4) is 0 Å². The Labute approximate surface area is 197 Å². The zero-order valence-electron chi connectivity index (χ0n) is 18.6. The number of nitrogens with zero attached hydrogens (tertiary/aromatic N) is 2. The van der Waals surface area contributed by atoms with Crippen molar-refractivity contribution in [2.45, 2.75) is 58.2 Å². The number of benzene rings is 1. The molecule has 1 fully saturated rings. The van der Waals surface area contributed by atoms with Gasteiger partial charge in [-0.25, -0.2) is 29.0 Å². The summed E-state index contributed by atoms with van der Waals surface area (Å²) < 4.78 is 15.6. The van der Waals surface area contributed by atoms with Crippen LogP contribution in [0.5, 0.6) is 0 Å². The summed E-state index contributed by atoms with van der Waals surface area (Å²) in [5.41, 5.74) is 1.24. The first-order chi connectivity index (χ1) is 15.9. The van der Waals surface area contributed by atoms with Gasteiger partial charge in [-0.15, -0.1) is 0 Å². The Morgan fingerprint density at radius 3 is 2.21 bits per heavy atom. The maximum Gasteiger partial charge on any atom is 0.419 e. The normalized spacial score (nSPS) is 20.6. The summed E-state index contributed by atoms with van der Waals surface area (Å²) in [6, 6.07) is 5.29. The van der Waals surface area contributed by atoms with Gasteiger partial charge < -0.3 is 14.2 Å². The third-order valence-corrected chi connectivity index (χ3v) is 5.89. The summed E-state index contributed by atoms with van der Waals surface area (Å²) >= 11 is 6.48. The van der Waals surface area contributed by atoms with Crippen LogP contribution in [0, 0.1) is 0 Å². The predicted octanol–water partition coefficient (Wildman–Crippen LogP) is 4.58. The minimum atomic E-state index is -1.44. The summed E-state index contributed by atoms with van der Waals surface area (Å²) in [6.07, 6.45) is 0.590. The molecule has 178 valence electrons. The van der Waals surface area contributed by atoms with Crippen LogP contribution in [-0.4, -0.2) is 59.3 Å². The van der Waals surface area contributed by atoms with Crippen molar-refractivity contribution < 1.29 is 33.4 Å². The molecule has 4 amide bonds. The van der Waals surface area contributed by atoms with Crippen molar-refractivity contribution in [1.29, 1.82) is 0 Å². The van der Waals surface area contributed by atoms with E-state index in [2.05, 4.69) is 0 Å². The van der Waals surface area contributed by atoms with E-state index in [0.29, 0.717) is 33.9 Å². The number of imide groups is 2. The van der Waals surface area contributed by atoms with Crippen LogP contribution in [0.25, 0.3) is 0 Å². The Balaban J connectivity index is 2.00. The Morgan fingerprint density at radius 1 is 0.939 bits per heavy atom. The molecule has 0 bridgehead atoms. The quantitative estimate of drug-likeness (QED) is 0.435. The molecule has 9 nitrogen and oxygen atoms in total. The number of urea groups is 1. The zero-order valence-corrected chi connectivity index (χ0v) is 19.4. The molecule has 1 saturated heterocycles. The van der Waals surface area contributed by atoms with E-state index in [1.165, 1.54) is 0 Å². The second kappa shape index (κ2) is 11.2. The fourth-order valence-electron chi connectivity index (χ4n) is 4.01. The van der Waals surface area contributed by atoms with E-state index in [-0.39, 0.29) is 19.8 Å². The number of carbonyl (C=O) groups excluding carboxylic acids is 4. The molecule has 1 aromatic carbocycles. The molecular formula is C23H27ClN2O7. The SMILES string of the molecule is CCOC(=O)[C@H]1[C@H](C2=C(Cl)CCCC2)N(C(=O)OCC)C(=O)N1C(=O)OCc1ccccc1. The summed E-state index contributed by atoms with van der Waals surface area (Å²) in [4.78, 5) is 53.5. The highest BCUT2D eigenvalue weighted by Crippen LogP contribution is 2.38. The van der Waals surface area contributed by atoms with E-state index in [9.17, 15) is 19.2 Å². The van der Waals surface area contributed by atoms with Crippen LogP contribution in [0.4, 0.5) is 14.4 Å². The molecule has 33 heavy (non-hydrogen) atoms. The molecule has 0 N–H and O–H groups in total. The van der Waals surface area contributed by atoms with Gasteiger partial charge in [0.15, 0.2) is 6.04 Å². The van der Waals surface area contributed by atoms with Gasteiger partial charge in [0.25, 0.3) is 0 Å². The van der Waals surface area contributed by atoms with E-state index >= 15 is 0 Å². The zero-order chi connectivity index (χ0) is 24.0. The standard InChI is InChI=1S/C23H27ClN2O7/c1-3-31-20(27)19-18(16-12-8-9-13-17(16)24)25(22(29)32-4-2)21(28)26(19)23(30)33-14-15-10-6-5-7-11-15/h5-7,10-11,18-19H,3-4,8-9,12-14H2,1-2H3/t18-,19+/m0/s1. The molecule has 2 atom stereocenters. The first-order valence-corrected chi connectivity index (χ1v) is 11.3. The molecule has 1 aliphatic carbocycles. The molecule has 10 heteroatoms. The predicted molar refractivity (Wildman–Crippen MR) is 118 cm³/mol. The lowest BCUT2D eigenvalue weighted by Gasteiger charge is -2.29. The Bertz CT molecular complexity index is 934.